The Hall–Kier alpha value is -3.09. The number of rotatable bonds is 5. The largest absolute Gasteiger partial charge is 0.477 e. The molecule has 1 atom stereocenters. The second kappa shape index (κ2) is 9.15. The lowest BCUT2D eigenvalue weighted by atomic mass is 10.1. The molecule has 0 radical (unpaired) electrons. The Morgan fingerprint density at radius 2 is 1.77 bits per heavy atom. The number of hydrogen-bond donors (Lipinski definition) is 1. The summed E-state index contributed by atoms with van der Waals surface area (Å²) in [7, 11) is 0. The fourth-order valence-corrected chi connectivity index (χ4v) is 3.97. The van der Waals surface area contributed by atoms with Crippen LogP contribution >= 0.6 is 0 Å². The number of carbonyl (C=O) groups is 2. The highest BCUT2D eigenvalue weighted by Crippen LogP contribution is 2.33. The molecule has 0 bridgehead atoms. The van der Waals surface area contributed by atoms with E-state index in [4.69, 9.17) is 4.74 Å². The number of halogens is 1. The van der Waals surface area contributed by atoms with Crippen LogP contribution < -0.4 is 15.0 Å². The van der Waals surface area contributed by atoms with Crippen LogP contribution in [0.4, 0.5) is 10.1 Å². The van der Waals surface area contributed by atoms with E-state index in [9.17, 15) is 14.0 Å². The summed E-state index contributed by atoms with van der Waals surface area (Å²) >= 11 is 0. The van der Waals surface area contributed by atoms with E-state index in [1.165, 1.54) is 6.07 Å². The van der Waals surface area contributed by atoms with Gasteiger partial charge in [0, 0.05) is 25.2 Å². The van der Waals surface area contributed by atoms with Gasteiger partial charge in [0.1, 0.15) is 11.6 Å². The lowest BCUT2D eigenvalue weighted by Crippen LogP contribution is -2.53. The Bertz CT molecular complexity index is 914. The van der Waals surface area contributed by atoms with Gasteiger partial charge in [-0.05, 0) is 37.5 Å². The van der Waals surface area contributed by atoms with Crippen molar-refractivity contribution in [2.45, 2.75) is 31.9 Å². The molecule has 2 aromatic rings. The molecule has 1 fully saturated rings. The van der Waals surface area contributed by atoms with E-state index in [0.717, 1.165) is 38.0 Å². The lowest BCUT2D eigenvalue weighted by Gasteiger charge is -2.38. The SMILES string of the molecule is O=C(CN1CC(C(=O)N2CCCCC2)Oc2ccccc21)NCc1ccccc1F. The zero-order valence-corrected chi connectivity index (χ0v) is 16.9. The standard InChI is InChI=1S/C23H26FN3O3/c24-18-9-3-2-8-17(18)14-25-22(28)16-27-15-21(23(29)26-12-6-1-7-13-26)30-20-11-5-4-10-19(20)27/h2-5,8-11,21H,1,6-7,12-16H2,(H,25,28). The van der Waals surface area contributed by atoms with E-state index in [-0.39, 0.29) is 30.7 Å². The van der Waals surface area contributed by atoms with Gasteiger partial charge in [-0.2, -0.15) is 0 Å². The molecule has 4 rings (SSSR count). The molecule has 2 aliphatic rings. The fraction of sp³-hybridized carbons (Fsp3) is 0.391. The molecule has 158 valence electrons. The minimum Gasteiger partial charge on any atom is -0.477 e. The van der Waals surface area contributed by atoms with Gasteiger partial charge in [0.05, 0.1) is 18.8 Å². The zero-order chi connectivity index (χ0) is 20.9. The monoisotopic (exact) mass is 411 g/mol. The number of fused-ring (bicyclic) bond motifs is 1. The Morgan fingerprint density at radius 3 is 2.57 bits per heavy atom. The van der Waals surface area contributed by atoms with Crippen molar-refractivity contribution in [3.8, 4) is 5.75 Å². The Morgan fingerprint density at radius 1 is 1.03 bits per heavy atom. The molecule has 0 saturated carbocycles. The number of benzene rings is 2. The number of para-hydroxylation sites is 2. The molecule has 6 nitrogen and oxygen atoms in total. The molecule has 2 amide bonds. The fourth-order valence-electron chi connectivity index (χ4n) is 3.97. The molecule has 7 heteroatoms. The van der Waals surface area contributed by atoms with Gasteiger partial charge in [-0.3, -0.25) is 9.59 Å². The molecule has 0 aromatic heterocycles. The molecular weight excluding hydrogens is 385 g/mol. The van der Waals surface area contributed by atoms with Gasteiger partial charge >= 0.3 is 0 Å². The average molecular weight is 411 g/mol. The summed E-state index contributed by atoms with van der Waals surface area (Å²) in [5.41, 5.74) is 1.22. The summed E-state index contributed by atoms with van der Waals surface area (Å²) in [6, 6.07) is 13.8. The van der Waals surface area contributed by atoms with E-state index in [0.29, 0.717) is 17.9 Å². The van der Waals surface area contributed by atoms with Crippen LogP contribution in [0.5, 0.6) is 5.75 Å². The van der Waals surface area contributed by atoms with Gasteiger partial charge in [0.15, 0.2) is 6.10 Å². The number of piperidine rings is 1. The number of likely N-dealkylation sites (tertiary alicyclic amines) is 1. The van der Waals surface area contributed by atoms with Gasteiger partial charge in [0.25, 0.3) is 5.91 Å². The molecule has 2 aliphatic heterocycles. The number of carbonyl (C=O) groups excluding carboxylic acids is 2. The van der Waals surface area contributed by atoms with E-state index >= 15 is 0 Å². The first-order chi connectivity index (χ1) is 14.6. The number of nitrogens with one attached hydrogen (secondary N) is 1. The molecule has 0 spiro atoms. The molecular formula is C23H26FN3O3. The maximum atomic E-state index is 13.8. The molecule has 1 unspecified atom stereocenters. The van der Waals surface area contributed by atoms with E-state index in [1.54, 1.807) is 18.2 Å². The van der Waals surface area contributed by atoms with Crippen LogP contribution in [0.3, 0.4) is 0 Å². The summed E-state index contributed by atoms with van der Waals surface area (Å²) in [6.45, 7) is 2.00. The minimum atomic E-state index is -0.641. The normalized spacial score (nSPS) is 18.4. The Kier molecular flexibility index (Phi) is 6.16. The molecule has 30 heavy (non-hydrogen) atoms. The maximum absolute atomic E-state index is 13.8. The molecule has 0 aliphatic carbocycles. The van der Waals surface area contributed by atoms with Crippen molar-refractivity contribution in [3.05, 3.63) is 59.9 Å². The summed E-state index contributed by atoms with van der Waals surface area (Å²) in [5.74, 6) is -0.0113. The van der Waals surface area contributed by atoms with Gasteiger partial charge in [0.2, 0.25) is 5.91 Å². The van der Waals surface area contributed by atoms with Crippen LogP contribution in [0.15, 0.2) is 48.5 Å². The third-order valence-electron chi connectivity index (χ3n) is 5.57. The van der Waals surface area contributed by atoms with Crippen LogP contribution in [-0.2, 0) is 16.1 Å². The Labute approximate surface area is 175 Å². The van der Waals surface area contributed by atoms with Crippen molar-refractivity contribution in [3.63, 3.8) is 0 Å². The second-order valence-corrected chi connectivity index (χ2v) is 7.71. The van der Waals surface area contributed by atoms with Crippen LogP contribution in [0.1, 0.15) is 24.8 Å². The number of ether oxygens (including phenoxy) is 1. The second-order valence-electron chi connectivity index (χ2n) is 7.71. The van der Waals surface area contributed by atoms with Crippen molar-refractivity contribution in [1.29, 1.82) is 0 Å². The topological polar surface area (TPSA) is 61.9 Å². The van der Waals surface area contributed by atoms with E-state index in [2.05, 4.69) is 5.32 Å². The van der Waals surface area contributed by atoms with Crippen LogP contribution in [0.25, 0.3) is 0 Å². The van der Waals surface area contributed by atoms with Gasteiger partial charge < -0.3 is 19.9 Å². The predicted molar refractivity (Wildman–Crippen MR) is 112 cm³/mol. The molecule has 1 N–H and O–H groups in total. The third kappa shape index (κ3) is 4.56. The predicted octanol–water partition coefficient (Wildman–Crippen LogP) is 2.72. The van der Waals surface area contributed by atoms with Crippen molar-refractivity contribution in [1.82, 2.24) is 10.2 Å². The highest BCUT2D eigenvalue weighted by molar-refractivity contribution is 5.86. The number of anilines is 1. The van der Waals surface area contributed by atoms with Crippen LogP contribution in [-0.4, -0.2) is 49.0 Å². The quantitative estimate of drug-likeness (QED) is 0.822. The molecule has 1 saturated heterocycles. The number of amides is 2. The minimum absolute atomic E-state index is 0.0269. The third-order valence-corrected chi connectivity index (χ3v) is 5.57. The maximum Gasteiger partial charge on any atom is 0.265 e. The van der Waals surface area contributed by atoms with Crippen molar-refractivity contribution in [2.75, 3.05) is 31.1 Å². The highest BCUT2D eigenvalue weighted by Gasteiger charge is 2.34. The molecule has 2 aromatic carbocycles. The first kappa shape index (κ1) is 20.2. The smallest absolute Gasteiger partial charge is 0.265 e. The van der Waals surface area contributed by atoms with Crippen molar-refractivity contribution in [2.24, 2.45) is 0 Å². The van der Waals surface area contributed by atoms with Crippen LogP contribution in [0, 0.1) is 5.82 Å². The summed E-state index contributed by atoms with van der Waals surface area (Å²) in [5, 5.41) is 2.77. The first-order valence-electron chi connectivity index (χ1n) is 10.4. The summed E-state index contributed by atoms with van der Waals surface area (Å²) in [4.78, 5) is 29.3. The summed E-state index contributed by atoms with van der Waals surface area (Å²) < 4.78 is 19.8. The van der Waals surface area contributed by atoms with Crippen molar-refractivity contribution >= 4 is 17.5 Å². The lowest BCUT2D eigenvalue weighted by molar-refractivity contribution is -0.139. The van der Waals surface area contributed by atoms with E-state index < -0.39 is 6.10 Å². The summed E-state index contributed by atoms with van der Waals surface area (Å²) in [6.07, 6.45) is 2.53. The van der Waals surface area contributed by atoms with Gasteiger partial charge in [-0.25, -0.2) is 4.39 Å². The van der Waals surface area contributed by atoms with Gasteiger partial charge in [-0.1, -0.05) is 30.3 Å². The first-order valence-corrected chi connectivity index (χ1v) is 10.4. The highest BCUT2D eigenvalue weighted by atomic mass is 19.1. The van der Waals surface area contributed by atoms with E-state index in [1.807, 2.05) is 34.1 Å². The molecule has 2 heterocycles. The number of nitrogens with zero attached hydrogens (tertiary/aromatic N) is 2. The van der Waals surface area contributed by atoms with Gasteiger partial charge in [-0.15, -0.1) is 0 Å². The van der Waals surface area contributed by atoms with Crippen LogP contribution in [0.2, 0.25) is 0 Å². The number of hydrogen-bond acceptors (Lipinski definition) is 4. The zero-order valence-electron chi connectivity index (χ0n) is 16.9. The van der Waals surface area contributed by atoms with Crippen molar-refractivity contribution < 1.29 is 18.7 Å². The Balaban J connectivity index is 1.43. The average Bonchev–Trinajstić information content (AvgIpc) is 2.78.